The number of aliphatic imine (C=N–C) groups is 2. The summed E-state index contributed by atoms with van der Waals surface area (Å²) in [7, 11) is 0. The number of nitrogens with one attached hydrogen (secondary N) is 1. The fraction of sp³-hybridized carbons (Fsp3) is 0.667. The fourth-order valence-corrected chi connectivity index (χ4v) is 3.10. The largest absolute Gasteiger partial charge is 0.601 e. The first-order chi connectivity index (χ1) is 10.7. The third kappa shape index (κ3) is 2.34. The van der Waals surface area contributed by atoms with E-state index in [0.717, 1.165) is 50.1 Å². The molecule has 3 heterocycles. The number of hydrogen-bond donors (Lipinski definition) is 1. The summed E-state index contributed by atoms with van der Waals surface area (Å²) in [5.41, 5.74) is 0.826. The molecule has 120 valence electrons. The Kier molecular flexibility index (Phi) is 4.26. The molecule has 3 rings (SSSR count). The molecule has 0 aromatic heterocycles. The van der Waals surface area contributed by atoms with Gasteiger partial charge in [-0.1, -0.05) is 26.7 Å². The van der Waals surface area contributed by atoms with Gasteiger partial charge in [-0.3, -0.25) is 19.7 Å². The average Bonchev–Trinajstić information content (AvgIpc) is 3.03. The van der Waals surface area contributed by atoms with Gasteiger partial charge >= 0.3 is 0 Å². The Balaban J connectivity index is 1.90. The SMILES string of the molecule is CCCCC1=NCC2=C(N1CCCC)[NH+]([O-])N1C(=O)CN=C21. The van der Waals surface area contributed by atoms with Crippen LogP contribution in [0.1, 0.15) is 46.0 Å². The maximum Gasteiger partial charge on any atom is 0.296 e. The van der Waals surface area contributed by atoms with Gasteiger partial charge in [0.1, 0.15) is 18.0 Å². The van der Waals surface area contributed by atoms with Gasteiger partial charge in [0, 0.05) is 13.0 Å². The van der Waals surface area contributed by atoms with Crippen molar-refractivity contribution in [3.05, 3.63) is 16.6 Å². The molecule has 1 atom stereocenters. The number of hydroxylamine groups is 1. The highest BCUT2D eigenvalue weighted by atomic mass is 16.6. The first kappa shape index (κ1) is 15.2. The highest BCUT2D eigenvalue weighted by Crippen LogP contribution is 2.24. The summed E-state index contributed by atoms with van der Waals surface area (Å²) in [4.78, 5) is 22.8. The summed E-state index contributed by atoms with van der Waals surface area (Å²) in [6.07, 6.45) is 5.08. The summed E-state index contributed by atoms with van der Waals surface area (Å²) in [5.74, 6) is 1.93. The normalized spacial score (nSPS) is 23.8. The molecule has 22 heavy (non-hydrogen) atoms. The van der Waals surface area contributed by atoms with Crippen LogP contribution in [0.5, 0.6) is 0 Å². The summed E-state index contributed by atoms with van der Waals surface area (Å²) >= 11 is 0. The molecule has 1 unspecified atom stereocenters. The van der Waals surface area contributed by atoms with Crippen LogP contribution in [0.25, 0.3) is 0 Å². The van der Waals surface area contributed by atoms with Crippen LogP contribution in [0, 0.1) is 5.21 Å². The molecule has 0 aromatic rings. The van der Waals surface area contributed by atoms with Gasteiger partial charge < -0.3 is 5.21 Å². The molecule has 3 aliphatic heterocycles. The van der Waals surface area contributed by atoms with Crippen molar-refractivity contribution in [1.82, 2.24) is 9.91 Å². The van der Waals surface area contributed by atoms with Crippen molar-refractivity contribution < 1.29 is 9.97 Å². The summed E-state index contributed by atoms with van der Waals surface area (Å²) in [6.45, 7) is 5.60. The van der Waals surface area contributed by atoms with E-state index in [-0.39, 0.29) is 17.6 Å². The van der Waals surface area contributed by atoms with Crippen molar-refractivity contribution in [2.24, 2.45) is 9.98 Å². The van der Waals surface area contributed by atoms with Crippen LogP contribution in [-0.4, -0.2) is 47.1 Å². The van der Waals surface area contributed by atoms with Gasteiger partial charge in [-0.15, -0.1) is 5.01 Å². The molecule has 0 bridgehead atoms. The Morgan fingerprint density at radius 3 is 2.68 bits per heavy atom. The zero-order valence-corrected chi connectivity index (χ0v) is 13.3. The molecule has 7 nitrogen and oxygen atoms in total. The van der Waals surface area contributed by atoms with Gasteiger partial charge in [0.25, 0.3) is 5.91 Å². The van der Waals surface area contributed by atoms with Crippen molar-refractivity contribution in [2.45, 2.75) is 46.0 Å². The van der Waals surface area contributed by atoms with Crippen LogP contribution in [0.3, 0.4) is 0 Å². The lowest BCUT2D eigenvalue weighted by Crippen LogP contribution is -3.12. The minimum absolute atomic E-state index is 0.0826. The van der Waals surface area contributed by atoms with E-state index < -0.39 is 0 Å². The van der Waals surface area contributed by atoms with Gasteiger partial charge in [-0.05, 0) is 12.8 Å². The lowest BCUT2D eigenvalue weighted by Gasteiger charge is -2.34. The van der Waals surface area contributed by atoms with E-state index in [1.54, 1.807) is 0 Å². The lowest BCUT2D eigenvalue weighted by molar-refractivity contribution is -0.908. The van der Waals surface area contributed by atoms with Gasteiger partial charge in [0.2, 0.25) is 5.82 Å². The van der Waals surface area contributed by atoms with Crippen molar-refractivity contribution in [3.63, 3.8) is 0 Å². The number of carbonyl (C=O) groups is 1. The number of quaternary nitrogens is 1. The molecule has 0 spiro atoms. The maximum absolute atomic E-state index is 12.7. The molecule has 1 N–H and O–H groups in total. The number of fused-ring (bicyclic) bond motifs is 2. The Hall–Kier alpha value is -1.73. The van der Waals surface area contributed by atoms with Gasteiger partial charge in [0.05, 0.1) is 6.54 Å². The highest BCUT2D eigenvalue weighted by Gasteiger charge is 2.47. The summed E-state index contributed by atoms with van der Waals surface area (Å²) in [5, 5.41) is 13.7. The van der Waals surface area contributed by atoms with E-state index in [1.807, 2.05) is 4.90 Å². The first-order valence-electron chi connectivity index (χ1n) is 8.15. The average molecular weight is 305 g/mol. The van der Waals surface area contributed by atoms with Gasteiger partial charge in [-0.2, -0.15) is 0 Å². The molecule has 0 fully saturated rings. The second-order valence-electron chi connectivity index (χ2n) is 5.84. The van der Waals surface area contributed by atoms with E-state index >= 15 is 0 Å². The third-order valence-electron chi connectivity index (χ3n) is 4.28. The van der Waals surface area contributed by atoms with Crippen LogP contribution in [-0.2, 0) is 4.79 Å². The van der Waals surface area contributed by atoms with Crippen molar-refractivity contribution in [2.75, 3.05) is 19.6 Å². The number of amides is 1. The van der Waals surface area contributed by atoms with Gasteiger partial charge in [-0.25, -0.2) is 5.17 Å². The monoisotopic (exact) mass is 305 g/mol. The number of rotatable bonds is 6. The number of amidine groups is 2. The van der Waals surface area contributed by atoms with Crippen LogP contribution in [0.4, 0.5) is 0 Å². The van der Waals surface area contributed by atoms with Crippen LogP contribution in [0.15, 0.2) is 21.4 Å². The van der Waals surface area contributed by atoms with E-state index in [9.17, 15) is 10.0 Å². The first-order valence-corrected chi connectivity index (χ1v) is 8.15. The van der Waals surface area contributed by atoms with E-state index in [1.165, 1.54) is 5.01 Å². The minimum Gasteiger partial charge on any atom is -0.601 e. The fourth-order valence-electron chi connectivity index (χ4n) is 3.10. The molecule has 0 radical (unpaired) electrons. The van der Waals surface area contributed by atoms with Crippen molar-refractivity contribution >= 4 is 17.6 Å². The molecule has 0 saturated carbocycles. The Bertz CT molecular complexity index is 566. The molecular weight excluding hydrogens is 282 g/mol. The van der Waals surface area contributed by atoms with Crippen LogP contribution >= 0.6 is 0 Å². The molecule has 0 saturated heterocycles. The summed E-state index contributed by atoms with van der Waals surface area (Å²) in [6, 6.07) is 0. The number of nitrogens with zero attached hydrogens (tertiary/aromatic N) is 4. The topological polar surface area (TPSA) is 75.8 Å². The number of hydrogen-bond acceptors (Lipinski definition) is 5. The predicted molar refractivity (Wildman–Crippen MR) is 83.9 cm³/mol. The molecular formula is C15H23N5O2. The zero-order valence-electron chi connectivity index (χ0n) is 13.3. The van der Waals surface area contributed by atoms with E-state index in [0.29, 0.717) is 18.2 Å². The van der Waals surface area contributed by atoms with E-state index in [2.05, 4.69) is 23.8 Å². The summed E-state index contributed by atoms with van der Waals surface area (Å²) < 4.78 is 0. The van der Waals surface area contributed by atoms with Gasteiger partial charge in [0.15, 0.2) is 5.84 Å². The lowest BCUT2D eigenvalue weighted by atomic mass is 10.1. The van der Waals surface area contributed by atoms with Crippen molar-refractivity contribution in [1.29, 1.82) is 0 Å². The Labute approximate surface area is 130 Å². The minimum atomic E-state index is -0.222. The zero-order chi connectivity index (χ0) is 15.7. The smallest absolute Gasteiger partial charge is 0.296 e. The molecule has 0 aromatic carbocycles. The molecule has 0 aliphatic carbocycles. The second-order valence-corrected chi connectivity index (χ2v) is 5.84. The molecule has 1 amide bonds. The second kappa shape index (κ2) is 6.18. The van der Waals surface area contributed by atoms with Crippen molar-refractivity contribution in [3.8, 4) is 0 Å². The molecule has 7 heteroatoms. The standard InChI is InChI=1S/C15H23N5O2/c1-3-5-7-12-16-9-11-14-17-10-13(21)19(14)20(22)15(11)18(12)8-6-4-2/h20H,3-10H2,1-2H3. The highest BCUT2D eigenvalue weighted by molar-refractivity contribution is 6.13. The quantitative estimate of drug-likeness (QED) is 0.724. The Morgan fingerprint density at radius 2 is 1.95 bits per heavy atom. The van der Waals surface area contributed by atoms with E-state index in [4.69, 9.17) is 0 Å². The predicted octanol–water partition coefficient (Wildman–Crippen LogP) is 0.454. The van der Waals surface area contributed by atoms with Crippen LogP contribution < -0.4 is 5.17 Å². The maximum atomic E-state index is 12.7. The van der Waals surface area contributed by atoms with Crippen LogP contribution in [0.2, 0.25) is 0 Å². The number of unbranched alkanes of at least 4 members (excludes halogenated alkanes) is 2. The Morgan fingerprint density at radius 1 is 1.18 bits per heavy atom. The number of carbonyl (C=O) groups excluding carboxylic acids is 1. The third-order valence-corrected chi connectivity index (χ3v) is 4.28. The molecule has 3 aliphatic rings.